The molecule has 0 amide bonds. The maximum absolute atomic E-state index is 12.3. The third-order valence-corrected chi connectivity index (χ3v) is 6.26. The molecule has 5 rings (SSSR count). The van der Waals surface area contributed by atoms with Crippen LogP contribution in [0.1, 0.15) is 39.5 Å². The second-order valence-electron chi connectivity index (χ2n) is 7.98. The number of benzene rings is 2. The predicted molar refractivity (Wildman–Crippen MR) is 133 cm³/mol. The van der Waals surface area contributed by atoms with E-state index in [4.69, 9.17) is 21.4 Å². The Morgan fingerprint density at radius 2 is 1.79 bits per heavy atom. The highest BCUT2D eigenvalue weighted by atomic mass is 32.1. The van der Waals surface area contributed by atoms with Crippen molar-refractivity contribution in [3.63, 3.8) is 0 Å². The molecule has 2 aromatic heterocycles. The summed E-state index contributed by atoms with van der Waals surface area (Å²) in [6, 6.07) is 26.7. The molecular weight excluding hydrogens is 446 g/mol. The van der Waals surface area contributed by atoms with Gasteiger partial charge in [-0.3, -0.25) is 4.98 Å². The van der Waals surface area contributed by atoms with Gasteiger partial charge in [0, 0.05) is 18.3 Å². The molecule has 0 spiro atoms. The van der Waals surface area contributed by atoms with E-state index < -0.39 is 5.97 Å². The van der Waals surface area contributed by atoms with E-state index in [9.17, 15) is 4.79 Å². The second kappa shape index (κ2) is 9.49. The Kier molecular flexibility index (Phi) is 6.10. The van der Waals surface area contributed by atoms with E-state index in [0.29, 0.717) is 28.5 Å². The second-order valence-corrected chi connectivity index (χ2v) is 8.37. The monoisotopic (exact) mass is 469 g/mol. The SMILES string of the molecule is COC(=O)c1ccccc1-c1ccc([C@H]2[C@@H](c3ccccn3)NC(=S)N2Cc2ccccc2)o1. The standard InChI is InChI=1S/C27H23N3O3S/c1-32-26(31)20-12-6-5-11-19(20)22-14-15-23(33-22)25-24(21-13-7-8-16-28-21)29-27(34)30(25)17-18-9-3-2-4-10-18/h2-16,24-25H,17H2,1H3,(H,29,34)/t24-,25+/m1/s1. The molecule has 4 aromatic rings. The number of thiocarbonyl (C=S) groups is 1. The smallest absolute Gasteiger partial charge is 0.338 e. The van der Waals surface area contributed by atoms with Crippen LogP contribution in [-0.2, 0) is 11.3 Å². The van der Waals surface area contributed by atoms with Gasteiger partial charge in [-0.15, -0.1) is 0 Å². The molecule has 1 aliphatic rings. The quantitative estimate of drug-likeness (QED) is 0.304. The maximum atomic E-state index is 12.3. The molecule has 0 bridgehead atoms. The van der Waals surface area contributed by atoms with Crippen LogP contribution in [-0.4, -0.2) is 28.1 Å². The minimum Gasteiger partial charge on any atom is -0.465 e. The normalized spacial score (nSPS) is 17.4. The van der Waals surface area contributed by atoms with Crippen molar-refractivity contribution >= 4 is 23.3 Å². The first-order valence-electron chi connectivity index (χ1n) is 10.9. The van der Waals surface area contributed by atoms with Crippen molar-refractivity contribution < 1.29 is 13.9 Å². The molecule has 170 valence electrons. The van der Waals surface area contributed by atoms with Crippen molar-refractivity contribution in [2.75, 3.05) is 7.11 Å². The summed E-state index contributed by atoms with van der Waals surface area (Å²) in [5.74, 6) is 0.913. The van der Waals surface area contributed by atoms with E-state index in [-0.39, 0.29) is 12.1 Å². The number of hydrogen-bond donors (Lipinski definition) is 1. The number of furan rings is 1. The maximum Gasteiger partial charge on any atom is 0.338 e. The summed E-state index contributed by atoms with van der Waals surface area (Å²) in [6.07, 6.45) is 1.77. The Balaban J connectivity index is 1.55. The van der Waals surface area contributed by atoms with Gasteiger partial charge in [0.2, 0.25) is 0 Å². The number of carbonyl (C=O) groups is 1. The first-order valence-corrected chi connectivity index (χ1v) is 11.4. The highest BCUT2D eigenvalue weighted by molar-refractivity contribution is 7.80. The molecule has 0 aliphatic carbocycles. The highest BCUT2D eigenvalue weighted by Crippen LogP contribution is 2.41. The number of rotatable bonds is 6. The van der Waals surface area contributed by atoms with E-state index in [0.717, 1.165) is 17.0 Å². The van der Waals surface area contributed by atoms with E-state index in [2.05, 4.69) is 27.3 Å². The lowest BCUT2D eigenvalue weighted by atomic mass is 10.0. The van der Waals surface area contributed by atoms with Crippen molar-refractivity contribution in [3.05, 3.63) is 114 Å². The topological polar surface area (TPSA) is 67.6 Å². The summed E-state index contributed by atoms with van der Waals surface area (Å²) in [5, 5.41) is 4.07. The van der Waals surface area contributed by atoms with E-state index in [1.165, 1.54) is 7.11 Å². The first-order chi connectivity index (χ1) is 16.7. The van der Waals surface area contributed by atoms with Gasteiger partial charge in [0.1, 0.15) is 17.6 Å². The minimum atomic E-state index is -0.408. The van der Waals surface area contributed by atoms with Crippen LogP contribution in [0.2, 0.25) is 0 Å². The van der Waals surface area contributed by atoms with Gasteiger partial charge in [-0.05, 0) is 48.1 Å². The van der Waals surface area contributed by atoms with Crippen LogP contribution >= 0.6 is 12.2 Å². The van der Waals surface area contributed by atoms with Gasteiger partial charge in [0.15, 0.2) is 5.11 Å². The molecule has 0 unspecified atom stereocenters. The lowest BCUT2D eigenvalue weighted by molar-refractivity contribution is 0.0601. The van der Waals surface area contributed by atoms with Crippen LogP contribution in [0.4, 0.5) is 0 Å². The fraction of sp³-hybridized carbons (Fsp3) is 0.148. The van der Waals surface area contributed by atoms with Gasteiger partial charge < -0.3 is 19.4 Å². The lowest BCUT2D eigenvalue weighted by Crippen LogP contribution is -2.29. The zero-order valence-corrected chi connectivity index (χ0v) is 19.4. The van der Waals surface area contributed by atoms with Gasteiger partial charge in [-0.1, -0.05) is 54.6 Å². The Hall–Kier alpha value is -3.97. The van der Waals surface area contributed by atoms with Crippen LogP contribution in [0, 0.1) is 0 Å². The molecule has 1 saturated heterocycles. The average molecular weight is 470 g/mol. The Morgan fingerprint density at radius 3 is 2.56 bits per heavy atom. The number of ether oxygens (including phenoxy) is 1. The molecular formula is C27H23N3O3S. The lowest BCUT2D eigenvalue weighted by Gasteiger charge is -2.26. The summed E-state index contributed by atoms with van der Waals surface area (Å²) < 4.78 is 11.3. The molecule has 7 heteroatoms. The highest BCUT2D eigenvalue weighted by Gasteiger charge is 2.41. The summed E-state index contributed by atoms with van der Waals surface area (Å²) in [7, 11) is 1.37. The number of carbonyl (C=O) groups excluding carboxylic acids is 1. The fourth-order valence-corrected chi connectivity index (χ4v) is 4.61. The molecule has 34 heavy (non-hydrogen) atoms. The van der Waals surface area contributed by atoms with Crippen molar-refractivity contribution in [3.8, 4) is 11.3 Å². The van der Waals surface area contributed by atoms with Crippen LogP contribution in [0.3, 0.4) is 0 Å². The van der Waals surface area contributed by atoms with E-state index in [1.807, 2.05) is 60.7 Å². The molecule has 2 aromatic carbocycles. The van der Waals surface area contributed by atoms with E-state index in [1.54, 1.807) is 18.3 Å². The number of esters is 1. The number of pyridine rings is 1. The van der Waals surface area contributed by atoms with Crippen molar-refractivity contribution in [2.24, 2.45) is 0 Å². The Morgan fingerprint density at radius 1 is 1.03 bits per heavy atom. The van der Waals surface area contributed by atoms with Crippen LogP contribution in [0.15, 0.2) is 95.5 Å². The van der Waals surface area contributed by atoms with Gasteiger partial charge in [0.25, 0.3) is 0 Å². The fourth-order valence-electron chi connectivity index (χ4n) is 4.31. The third-order valence-electron chi connectivity index (χ3n) is 5.91. The van der Waals surface area contributed by atoms with Crippen LogP contribution < -0.4 is 5.32 Å². The van der Waals surface area contributed by atoms with Gasteiger partial charge in [-0.25, -0.2) is 4.79 Å². The summed E-state index contributed by atoms with van der Waals surface area (Å²) in [5.41, 5.74) is 3.14. The van der Waals surface area contributed by atoms with Crippen molar-refractivity contribution in [1.82, 2.24) is 15.2 Å². The molecule has 6 nitrogen and oxygen atoms in total. The van der Waals surface area contributed by atoms with Gasteiger partial charge in [-0.2, -0.15) is 0 Å². The minimum absolute atomic E-state index is 0.188. The Bertz CT molecular complexity index is 1310. The molecule has 3 heterocycles. The van der Waals surface area contributed by atoms with Crippen LogP contribution in [0.25, 0.3) is 11.3 Å². The van der Waals surface area contributed by atoms with Gasteiger partial charge >= 0.3 is 5.97 Å². The summed E-state index contributed by atoms with van der Waals surface area (Å²) >= 11 is 5.75. The molecule has 0 radical (unpaired) electrons. The zero-order chi connectivity index (χ0) is 23.5. The number of nitrogens with zero attached hydrogens (tertiary/aromatic N) is 2. The number of nitrogens with one attached hydrogen (secondary N) is 1. The summed E-state index contributed by atoms with van der Waals surface area (Å²) in [6.45, 7) is 0.620. The van der Waals surface area contributed by atoms with Gasteiger partial charge in [0.05, 0.1) is 24.4 Å². The van der Waals surface area contributed by atoms with E-state index >= 15 is 0 Å². The molecule has 1 N–H and O–H groups in total. The Labute approximate surface area is 203 Å². The number of methoxy groups -OCH3 is 1. The average Bonchev–Trinajstić information content (AvgIpc) is 3.49. The molecule has 1 fully saturated rings. The van der Waals surface area contributed by atoms with Crippen LogP contribution in [0.5, 0.6) is 0 Å². The number of hydrogen-bond acceptors (Lipinski definition) is 5. The predicted octanol–water partition coefficient (Wildman–Crippen LogP) is 5.30. The van der Waals surface area contributed by atoms with Crippen molar-refractivity contribution in [2.45, 2.75) is 18.6 Å². The largest absolute Gasteiger partial charge is 0.465 e. The number of aromatic nitrogens is 1. The first kappa shape index (κ1) is 21.9. The molecule has 2 atom stereocenters. The molecule has 1 aliphatic heterocycles. The van der Waals surface area contributed by atoms with Crippen molar-refractivity contribution in [1.29, 1.82) is 0 Å². The molecule has 0 saturated carbocycles. The third kappa shape index (κ3) is 4.18. The summed E-state index contributed by atoms with van der Waals surface area (Å²) in [4.78, 5) is 19.0. The zero-order valence-electron chi connectivity index (χ0n) is 18.5.